The molecule has 3 rings (SSSR count). The van der Waals surface area contributed by atoms with Crippen LogP contribution in [0.5, 0.6) is 0 Å². The lowest BCUT2D eigenvalue weighted by Gasteiger charge is -2.24. The van der Waals surface area contributed by atoms with Crippen molar-refractivity contribution in [1.82, 2.24) is 15.1 Å². The van der Waals surface area contributed by atoms with Crippen LogP contribution in [0.1, 0.15) is 48.4 Å². The van der Waals surface area contributed by atoms with Gasteiger partial charge in [-0.2, -0.15) is 0 Å². The van der Waals surface area contributed by atoms with Gasteiger partial charge >= 0.3 is 0 Å². The van der Waals surface area contributed by atoms with Crippen LogP contribution < -0.4 is 5.32 Å². The number of carbonyl (C=O) groups excluding carboxylic acids is 2. The first-order valence-electron chi connectivity index (χ1n) is 10.0. The molecule has 1 aromatic heterocycles. The highest BCUT2D eigenvalue weighted by Crippen LogP contribution is 2.21. The Labute approximate surface area is 166 Å². The lowest BCUT2D eigenvalue weighted by atomic mass is 10.1. The molecule has 1 aliphatic heterocycles. The Hall–Kier alpha value is -2.60. The number of rotatable bonds is 8. The normalized spacial score (nSPS) is 16.5. The molecule has 2 aromatic rings. The molecule has 0 bridgehead atoms. The van der Waals surface area contributed by atoms with Gasteiger partial charge in [0.15, 0.2) is 5.76 Å². The van der Waals surface area contributed by atoms with Crippen LogP contribution in [0.15, 0.2) is 47.1 Å². The van der Waals surface area contributed by atoms with Crippen LogP contribution in [0.4, 0.5) is 0 Å². The fourth-order valence-corrected chi connectivity index (χ4v) is 3.70. The van der Waals surface area contributed by atoms with Crippen LogP contribution in [-0.4, -0.2) is 47.3 Å². The predicted molar refractivity (Wildman–Crippen MR) is 108 cm³/mol. The third kappa shape index (κ3) is 4.62. The molecule has 1 saturated heterocycles. The first kappa shape index (κ1) is 20.1. The average Bonchev–Trinajstić information content (AvgIpc) is 3.42. The van der Waals surface area contributed by atoms with E-state index in [9.17, 15) is 9.59 Å². The monoisotopic (exact) mass is 383 g/mol. The summed E-state index contributed by atoms with van der Waals surface area (Å²) in [5.74, 6) is -0.0381. The third-order valence-electron chi connectivity index (χ3n) is 5.41. The van der Waals surface area contributed by atoms with E-state index in [1.807, 2.05) is 12.1 Å². The largest absolute Gasteiger partial charge is 0.459 e. The van der Waals surface area contributed by atoms with Crippen molar-refractivity contribution < 1.29 is 14.0 Å². The minimum atomic E-state index is -0.437. The quantitative estimate of drug-likeness (QED) is 0.761. The summed E-state index contributed by atoms with van der Waals surface area (Å²) < 4.78 is 5.21. The number of nitrogens with one attached hydrogen (secondary N) is 1. The molecule has 0 saturated carbocycles. The number of furan rings is 1. The summed E-state index contributed by atoms with van der Waals surface area (Å²) in [5.41, 5.74) is 2.34. The maximum absolute atomic E-state index is 12.8. The topological polar surface area (TPSA) is 65.8 Å². The molecule has 1 N–H and O–H groups in total. The first-order chi connectivity index (χ1) is 13.6. The van der Waals surface area contributed by atoms with Crippen molar-refractivity contribution in [3.63, 3.8) is 0 Å². The minimum absolute atomic E-state index is 0.102. The lowest BCUT2D eigenvalue weighted by molar-refractivity contribution is -0.125. The van der Waals surface area contributed by atoms with Crippen LogP contribution in [0.2, 0.25) is 0 Å². The van der Waals surface area contributed by atoms with Crippen molar-refractivity contribution in [2.75, 3.05) is 19.6 Å². The molecule has 1 atom stereocenters. The van der Waals surface area contributed by atoms with Crippen LogP contribution >= 0.6 is 0 Å². The zero-order chi connectivity index (χ0) is 19.9. The molecular weight excluding hydrogens is 354 g/mol. The van der Waals surface area contributed by atoms with Gasteiger partial charge in [-0.1, -0.05) is 38.1 Å². The summed E-state index contributed by atoms with van der Waals surface area (Å²) in [7, 11) is 0. The van der Waals surface area contributed by atoms with Gasteiger partial charge < -0.3 is 14.6 Å². The smallest absolute Gasteiger partial charge is 0.290 e. The summed E-state index contributed by atoms with van der Waals surface area (Å²) in [6.07, 6.45) is 2.98. The van der Waals surface area contributed by atoms with Crippen molar-refractivity contribution in [3.8, 4) is 0 Å². The van der Waals surface area contributed by atoms with E-state index >= 15 is 0 Å². The fourth-order valence-electron chi connectivity index (χ4n) is 3.70. The van der Waals surface area contributed by atoms with E-state index in [2.05, 4.69) is 36.2 Å². The average molecular weight is 383 g/mol. The summed E-state index contributed by atoms with van der Waals surface area (Å²) in [6, 6.07) is 11.1. The Balaban J connectivity index is 1.63. The SMILES string of the molecule is CCN(CC)Cc1ccccc1CNC(=O)C1CCCN1C(=O)c1ccco1. The number of hydrogen-bond acceptors (Lipinski definition) is 4. The van der Waals surface area contributed by atoms with E-state index in [1.54, 1.807) is 17.0 Å². The Bertz CT molecular complexity index is 784. The number of amides is 2. The Morgan fingerprint density at radius 1 is 1.14 bits per heavy atom. The van der Waals surface area contributed by atoms with Crippen LogP contribution in [-0.2, 0) is 17.9 Å². The van der Waals surface area contributed by atoms with Gasteiger partial charge in [-0.15, -0.1) is 0 Å². The lowest BCUT2D eigenvalue weighted by Crippen LogP contribution is -2.45. The van der Waals surface area contributed by atoms with Gasteiger partial charge in [0.1, 0.15) is 6.04 Å². The first-order valence-corrected chi connectivity index (χ1v) is 10.0. The van der Waals surface area contributed by atoms with Gasteiger partial charge in [0, 0.05) is 19.6 Å². The zero-order valence-electron chi connectivity index (χ0n) is 16.7. The molecule has 2 amide bonds. The fraction of sp³-hybridized carbons (Fsp3) is 0.455. The van der Waals surface area contributed by atoms with Gasteiger partial charge in [0.2, 0.25) is 5.91 Å². The van der Waals surface area contributed by atoms with Gasteiger partial charge in [0.05, 0.1) is 6.26 Å². The maximum Gasteiger partial charge on any atom is 0.290 e. The second-order valence-electron chi connectivity index (χ2n) is 7.08. The van der Waals surface area contributed by atoms with Gasteiger partial charge in [-0.05, 0) is 49.2 Å². The van der Waals surface area contributed by atoms with Gasteiger partial charge in [-0.25, -0.2) is 0 Å². The summed E-state index contributed by atoms with van der Waals surface area (Å²) >= 11 is 0. The summed E-state index contributed by atoms with van der Waals surface area (Å²) in [6.45, 7) is 8.20. The number of benzene rings is 1. The second-order valence-corrected chi connectivity index (χ2v) is 7.08. The van der Waals surface area contributed by atoms with E-state index in [1.165, 1.54) is 11.8 Å². The van der Waals surface area contributed by atoms with Gasteiger partial charge in [0.25, 0.3) is 5.91 Å². The third-order valence-corrected chi connectivity index (χ3v) is 5.41. The molecule has 28 heavy (non-hydrogen) atoms. The van der Waals surface area contributed by atoms with Gasteiger partial charge in [-0.3, -0.25) is 14.5 Å². The highest BCUT2D eigenvalue weighted by atomic mass is 16.3. The number of carbonyl (C=O) groups is 2. The predicted octanol–water partition coefficient (Wildman–Crippen LogP) is 3.04. The van der Waals surface area contributed by atoms with E-state index in [4.69, 9.17) is 4.42 Å². The van der Waals surface area contributed by atoms with Crippen LogP contribution in [0.25, 0.3) is 0 Å². The molecule has 1 unspecified atom stereocenters. The van der Waals surface area contributed by atoms with E-state index in [0.717, 1.165) is 31.6 Å². The molecule has 0 radical (unpaired) electrons. The number of hydrogen-bond donors (Lipinski definition) is 1. The molecular formula is C22H29N3O3. The molecule has 1 aliphatic rings. The standard InChI is InChI=1S/C22H29N3O3/c1-3-24(4-2)16-18-10-6-5-9-17(18)15-23-21(26)19-11-7-13-25(19)22(27)20-12-8-14-28-20/h5-6,8-10,12,14,19H,3-4,7,11,13,15-16H2,1-2H3,(H,23,26). The molecule has 1 aromatic carbocycles. The van der Waals surface area contributed by atoms with Crippen molar-refractivity contribution in [2.45, 2.75) is 45.8 Å². The van der Waals surface area contributed by atoms with Crippen molar-refractivity contribution in [2.24, 2.45) is 0 Å². The summed E-state index contributed by atoms with van der Waals surface area (Å²) in [4.78, 5) is 29.4. The van der Waals surface area contributed by atoms with E-state index in [-0.39, 0.29) is 17.6 Å². The highest BCUT2D eigenvalue weighted by molar-refractivity contribution is 5.95. The minimum Gasteiger partial charge on any atom is -0.459 e. The Kier molecular flexibility index (Phi) is 6.87. The molecule has 0 spiro atoms. The number of nitrogens with zero attached hydrogens (tertiary/aromatic N) is 2. The molecule has 1 fully saturated rings. The van der Waals surface area contributed by atoms with Crippen molar-refractivity contribution in [1.29, 1.82) is 0 Å². The molecule has 0 aliphatic carbocycles. The zero-order valence-corrected chi connectivity index (χ0v) is 16.7. The van der Waals surface area contributed by atoms with Crippen LogP contribution in [0.3, 0.4) is 0 Å². The van der Waals surface area contributed by atoms with E-state index < -0.39 is 6.04 Å². The highest BCUT2D eigenvalue weighted by Gasteiger charge is 2.35. The molecule has 6 heteroatoms. The number of likely N-dealkylation sites (tertiary alicyclic amines) is 1. The molecule has 150 valence electrons. The van der Waals surface area contributed by atoms with Crippen molar-refractivity contribution >= 4 is 11.8 Å². The second kappa shape index (κ2) is 9.55. The van der Waals surface area contributed by atoms with Crippen molar-refractivity contribution in [3.05, 3.63) is 59.5 Å². The summed E-state index contributed by atoms with van der Waals surface area (Å²) in [5, 5.41) is 3.04. The molecule has 2 heterocycles. The molecule has 6 nitrogen and oxygen atoms in total. The van der Waals surface area contributed by atoms with E-state index in [0.29, 0.717) is 19.5 Å². The Morgan fingerprint density at radius 2 is 1.89 bits per heavy atom. The Morgan fingerprint density at radius 3 is 2.57 bits per heavy atom. The maximum atomic E-state index is 12.8. The van der Waals surface area contributed by atoms with Crippen LogP contribution in [0, 0.1) is 0 Å².